The summed E-state index contributed by atoms with van der Waals surface area (Å²) >= 11 is 0. The molecule has 0 atom stereocenters. The summed E-state index contributed by atoms with van der Waals surface area (Å²) in [5.74, 6) is 1.62. The lowest BCUT2D eigenvalue weighted by atomic mass is 10.1. The van der Waals surface area contributed by atoms with E-state index < -0.39 is 0 Å². The highest BCUT2D eigenvalue weighted by molar-refractivity contribution is 8.76. The first-order valence-electron chi connectivity index (χ1n) is 5.07. The lowest BCUT2D eigenvalue weighted by Gasteiger charge is -2.07. The third-order valence-electron chi connectivity index (χ3n) is 1.36. The highest BCUT2D eigenvalue weighted by atomic mass is 33.1. The van der Waals surface area contributed by atoms with Crippen molar-refractivity contribution in [2.45, 2.75) is 39.4 Å². The van der Waals surface area contributed by atoms with Crippen molar-refractivity contribution in [2.24, 2.45) is 5.92 Å². The number of carbonyl (C=O) groups is 1. The molecular formula is C10H21NOS2. The largest absolute Gasteiger partial charge is 0.355 e. The lowest BCUT2D eigenvalue weighted by Crippen LogP contribution is -2.26. The van der Waals surface area contributed by atoms with Gasteiger partial charge in [-0.3, -0.25) is 4.79 Å². The molecule has 0 radical (unpaired) electrons. The summed E-state index contributed by atoms with van der Waals surface area (Å²) in [4.78, 5) is 11.2. The van der Waals surface area contributed by atoms with Gasteiger partial charge in [0.15, 0.2) is 0 Å². The van der Waals surface area contributed by atoms with Crippen LogP contribution in [0.5, 0.6) is 0 Å². The maximum atomic E-state index is 11.2. The molecule has 0 bridgehead atoms. The second-order valence-electron chi connectivity index (χ2n) is 3.91. The Morgan fingerprint density at radius 1 is 1.29 bits per heavy atom. The molecule has 0 unspecified atom stereocenters. The molecule has 0 heterocycles. The SMILES string of the molecule is CC(C)CC(=O)NCCSSC(C)C. The van der Waals surface area contributed by atoms with Crippen molar-refractivity contribution in [3.8, 4) is 0 Å². The average Bonchev–Trinajstić information content (AvgIpc) is 2.01. The molecule has 1 amide bonds. The minimum Gasteiger partial charge on any atom is -0.355 e. The first-order chi connectivity index (χ1) is 6.52. The van der Waals surface area contributed by atoms with Crippen LogP contribution in [-0.4, -0.2) is 23.5 Å². The summed E-state index contributed by atoms with van der Waals surface area (Å²) in [5, 5.41) is 3.57. The van der Waals surface area contributed by atoms with Gasteiger partial charge in [-0.2, -0.15) is 0 Å². The smallest absolute Gasteiger partial charge is 0.220 e. The van der Waals surface area contributed by atoms with Crippen molar-refractivity contribution in [1.82, 2.24) is 5.32 Å². The van der Waals surface area contributed by atoms with Crippen molar-refractivity contribution in [3.63, 3.8) is 0 Å². The van der Waals surface area contributed by atoms with Crippen molar-refractivity contribution in [1.29, 1.82) is 0 Å². The predicted octanol–water partition coefficient (Wildman–Crippen LogP) is 2.94. The third-order valence-corrected chi connectivity index (χ3v) is 4.32. The van der Waals surface area contributed by atoms with E-state index in [1.807, 2.05) is 21.6 Å². The Morgan fingerprint density at radius 2 is 1.93 bits per heavy atom. The molecule has 84 valence electrons. The van der Waals surface area contributed by atoms with Crippen molar-refractivity contribution in [2.75, 3.05) is 12.3 Å². The van der Waals surface area contributed by atoms with E-state index in [2.05, 4.69) is 33.0 Å². The van der Waals surface area contributed by atoms with E-state index in [1.54, 1.807) is 0 Å². The first-order valence-corrected chi connectivity index (χ1v) is 7.45. The van der Waals surface area contributed by atoms with Crippen LogP contribution in [-0.2, 0) is 4.79 Å². The summed E-state index contributed by atoms with van der Waals surface area (Å²) in [5.41, 5.74) is 0. The molecule has 0 aliphatic heterocycles. The molecule has 4 heteroatoms. The Hall–Kier alpha value is 0.170. The second kappa shape index (κ2) is 8.48. The van der Waals surface area contributed by atoms with E-state index in [1.165, 1.54) is 0 Å². The van der Waals surface area contributed by atoms with E-state index in [0.29, 0.717) is 17.6 Å². The Balaban J connectivity index is 3.23. The molecular weight excluding hydrogens is 214 g/mol. The van der Waals surface area contributed by atoms with E-state index in [4.69, 9.17) is 0 Å². The quantitative estimate of drug-likeness (QED) is 0.543. The number of hydrogen-bond acceptors (Lipinski definition) is 3. The van der Waals surface area contributed by atoms with Crippen molar-refractivity contribution >= 4 is 27.5 Å². The topological polar surface area (TPSA) is 29.1 Å². The number of amides is 1. The van der Waals surface area contributed by atoms with Crippen LogP contribution in [0.3, 0.4) is 0 Å². The first kappa shape index (κ1) is 14.2. The maximum absolute atomic E-state index is 11.2. The second-order valence-corrected chi connectivity index (χ2v) is 6.98. The Bertz CT molecular complexity index is 160. The summed E-state index contributed by atoms with van der Waals surface area (Å²) in [6, 6.07) is 0. The van der Waals surface area contributed by atoms with Gasteiger partial charge in [0.25, 0.3) is 0 Å². The fourth-order valence-corrected chi connectivity index (χ4v) is 2.77. The standard InChI is InChI=1S/C10H21NOS2/c1-8(2)7-10(12)11-5-6-13-14-9(3)4/h8-9H,5-7H2,1-4H3,(H,11,12). The molecule has 0 saturated carbocycles. The van der Waals surface area contributed by atoms with Gasteiger partial charge in [0, 0.05) is 24.0 Å². The van der Waals surface area contributed by atoms with Crippen LogP contribution in [0, 0.1) is 5.92 Å². The zero-order chi connectivity index (χ0) is 11.0. The summed E-state index contributed by atoms with van der Waals surface area (Å²) in [6.07, 6.45) is 0.641. The number of carbonyl (C=O) groups excluding carboxylic acids is 1. The van der Waals surface area contributed by atoms with E-state index in [0.717, 1.165) is 12.3 Å². The molecule has 0 aromatic rings. The highest BCUT2D eigenvalue weighted by Crippen LogP contribution is 2.25. The van der Waals surface area contributed by atoms with Crippen LogP contribution >= 0.6 is 21.6 Å². The molecule has 1 N–H and O–H groups in total. The Kier molecular flexibility index (Phi) is 8.58. The molecule has 2 nitrogen and oxygen atoms in total. The normalized spacial score (nSPS) is 11.0. The minimum atomic E-state index is 0.176. The van der Waals surface area contributed by atoms with Gasteiger partial charge >= 0.3 is 0 Å². The minimum absolute atomic E-state index is 0.176. The Morgan fingerprint density at radius 3 is 2.43 bits per heavy atom. The molecule has 0 spiro atoms. The summed E-state index contributed by atoms with van der Waals surface area (Å²) in [7, 11) is 3.69. The third kappa shape index (κ3) is 10.3. The van der Waals surface area contributed by atoms with Crippen LogP contribution in [0.1, 0.15) is 34.1 Å². The van der Waals surface area contributed by atoms with E-state index >= 15 is 0 Å². The summed E-state index contributed by atoms with van der Waals surface area (Å²) < 4.78 is 0. The van der Waals surface area contributed by atoms with Crippen LogP contribution < -0.4 is 5.32 Å². The lowest BCUT2D eigenvalue weighted by molar-refractivity contribution is -0.121. The molecule has 14 heavy (non-hydrogen) atoms. The fourth-order valence-electron chi connectivity index (χ4n) is 0.859. The van der Waals surface area contributed by atoms with Crippen molar-refractivity contribution in [3.05, 3.63) is 0 Å². The van der Waals surface area contributed by atoms with Crippen LogP contribution in [0.15, 0.2) is 0 Å². The van der Waals surface area contributed by atoms with Gasteiger partial charge in [-0.1, -0.05) is 49.3 Å². The van der Waals surface area contributed by atoms with E-state index in [9.17, 15) is 4.79 Å². The molecule has 0 aromatic carbocycles. The van der Waals surface area contributed by atoms with Gasteiger partial charge in [-0.15, -0.1) is 0 Å². The fraction of sp³-hybridized carbons (Fsp3) is 0.900. The molecule has 0 fully saturated rings. The maximum Gasteiger partial charge on any atom is 0.220 e. The van der Waals surface area contributed by atoms with Crippen molar-refractivity contribution < 1.29 is 4.79 Å². The number of hydrogen-bond donors (Lipinski definition) is 1. The predicted molar refractivity (Wildman–Crippen MR) is 67.6 cm³/mol. The molecule has 0 aliphatic carbocycles. The highest BCUT2D eigenvalue weighted by Gasteiger charge is 2.03. The number of nitrogens with one attached hydrogen (secondary N) is 1. The average molecular weight is 235 g/mol. The van der Waals surface area contributed by atoms with Gasteiger partial charge in [-0.25, -0.2) is 0 Å². The van der Waals surface area contributed by atoms with Gasteiger partial charge in [-0.05, 0) is 5.92 Å². The van der Waals surface area contributed by atoms with Crippen LogP contribution in [0.2, 0.25) is 0 Å². The Labute approximate surface area is 95.4 Å². The molecule has 0 saturated heterocycles. The molecule has 0 aliphatic rings. The van der Waals surface area contributed by atoms with Crippen LogP contribution in [0.4, 0.5) is 0 Å². The zero-order valence-electron chi connectivity index (χ0n) is 9.50. The monoisotopic (exact) mass is 235 g/mol. The van der Waals surface area contributed by atoms with Gasteiger partial charge in [0.05, 0.1) is 0 Å². The zero-order valence-corrected chi connectivity index (χ0v) is 11.1. The van der Waals surface area contributed by atoms with Gasteiger partial charge in [0.2, 0.25) is 5.91 Å². The molecule has 0 aromatic heterocycles. The van der Waals surface area contributed by atoms with Crippen LogP contribution in [0.25, 0.3) is 0 Å². The van der Waals surface area contributed by atoms with Gasteiger partial charge < -0.3 is 5.32 Å². The molecule has 0 rings (SSSR count). The van der Waals surface area contributed by atoms with Gasteiger partial charge in [0.1, 0.15) is 0 Å². The number of rotatable bonds is 7. The van der Waals surface area contributed by atoms with E-state index in [-0.39, 0.29) is 5.91 Å². The summed E-state index contributed by atoms with van der Waals surface area (Å²) in [6.45, 7) is 9.26.